The van der Waals surface area contributed by atoms with E-state index in [1.165, 1.54) is 7.11 Å². The van der Waals surface area contributed by atoms with E-state index in [-0.39, 0.29) is 24.2 Å². The van der Waals surface area contributed by atoms with Crippen molar-refractivity contribution in [3.8, 4) is 10.6 Å². The van der Waals surface area contributed by atoms with Crippen molar-refractivity contribution in [2.45, 2.75) is 32.4 Å². The van der Waals surface area contributed by atoms with Gasteiger partial charge < -0.3 is 15.8 Å². The van der Waals surface area contributed by atoms with Crippen LogP contribution in [-0.4, -0.2) is 36.1 Å². The number of carbonyl (C=O) groups excluding carboxylic acids is 2. The van der Waals surface area contributed by atoms with E-state index < -0.39 is 18.1 Å². The molecule has 0 unspecified atom stereocenters. The van der Waals surface area contributed by atoms with E-state index in [1.807, 2.05) is 43.5 Å². The number of methoxy groups -OCH3 is 1. The lowest BCUT2D eigenvalue weighted by Crippen LogP contribution is -2.51. The minimum Gasteiger partial charge on any atom is -0.467 e. The van der Waals surface area contributed by atoms with Crippen molar-refractivity contribution >= 4 is 35.6 Å². The molecule has 0 saturated carbocycles. The van der Waals surface area contributed by atoms with E-state index in [0.717, 1.165) is 16.1 Å². The maximum atomic E-state index is 12.2. The number of nitrogens with zero attached hydrogens (tertiary/aromatic N) is 1. The van der Waals surface area contributed by atoms with Gasteiger partial charge in [0.1, 0.15) is 11.0 Å². The van der Waals surface area contributed by atoms with Crippen LogP contribution >= 0.6 is 23.7 Å². The summed E-state index contributed by atoms with van der Waals surface area (Å²) in [6.45, 7) is 3.71. The van der Waals surface area contributed by atoms with Gasteiger partial charge in [-0.1, -0.05) is 38.1 Å². The van der Waals surface area contributed by atoms with E-state index in [2.05, 4.69) is 10.3 Å². The number of hydrogen-bond donors (Lipinski definition) is 2. The first kappa shape index (κ1) is 22.1. The summed E-state index contributed by atoms with van der Waals surface area (Å²) in [7, 11) is 1.30. The lowest BCUT2D eigenvalue weighted by molar-refractivity contribution is -0.145. The van der Waals surface area contributed by atoms with E-state index in [4.69, 9.17) is 10.5 Å². The zero-order chi connectivity index (χ0) is 18.4. The first-order valence-corrected chi connectivity index (χ1v) is 8.93. The molecule has 1 aromatic carbocycles. The van der Waals surface area contributed by atoms with E-state index in [0.29, 0.717) is 6.42 Å². The summed E-state index contributed by atoms with van der Waals surface area (Å²) in [6, 6.07) is 6.30. The number of ether oxygens (including phenoxy) is 1. The fourth-order valence-electron chi connectivity index (χ4n) is 2.29. The summed E-state index contributed by atoms with van der Waals surface area (Å²) in [4.78, 5) is 28.4. The molecule has 0 fully saturated rings. The fraction of sp³-hybridized carbons (Fsp3) is 0.389. The highest BCUT2D eigenvalue weighted by atomic mass is 35.5. The lowest BCUT2D eigenvalue weighted by Gasteiger charge is -2.21. The number of halogens is 1. The quantitative estimate of drug-likeness (QED) is 0.699. The van der Waals surface area contributed by atoms with Crippen molar-refractivity contribution in [3.63, 3.8) is 0 Å². The number of carbonyl (C=O) groups is 2. The highest BCUT2D eigenvalue weighted by Gasteiger charge is 2.26. The molecule has 2 aromatic rings. The fourth-order valence-corrected chi connectivity index (χ4v) is 2.94. The molecule has 0 aliphatic heterocycles. The highest BCUT2D eigenvalue weighted by Crippen LogP contribution is 2.22. The molecule has 3 N–H and O–H groups in total. The summed E-state index contributed by atoms with van der Waals surface area (Å²) < 4.78 is 4.81. The second kappa shape index (κ2) is 10.3. The van der Waals surface area contributed by atoms with Crippen molar-refractivity contribution in [1.29, 1.82) is 0 Å². The first-order valence-electron chi connectivity index (χ1n) is 8.05. The van der Waals surface area contributed by atoms with Crippen molar-refractivity contribution < 1.29 is 14.3 Å². The van der Waals surface area contributed by atoms with Crippen LogP contribution in [0.1, 0.15) is 19.4 Å². The van der Waals surface area contributed by atoms with Gasteiger partial charge in [0.15, 0.2) is 0 Å². The average Bonchev–Trinajstić information content (AvgIpc) is 3.14. The molecular formula is C18H24ClN3O3S. The van der Waals surface area contributed by atoms with Gasteiger partial charge in [0.05, 0.1) is 13.2 Å². The number of thiazole rings is 1. The Morgan fingerprint density at radius 3 is 2.42 bits per heavy atom. The summed E-state index contributed by atoms with van der Waals surface area (Å²) in [5.74, 6) is -0.867. The van der Waals surface area contributed by atoms with Crippen LogP contribution in [-0.2, 0) is 20.7 Å². The van der Waals surface area contributed by atoms with Gasteiger partial charge in [-0.05, 0) is 11.5 Å². The number of benzene rings is 1. The molecule has 0 aliphatic rings. The number of rotatable bonds is 7. The van der Waals surface area contributed by atoms with E-state index in [1.54, 1.807) is 17.5 Å². The maximum absolute atomic E-state index is 12.2. The standard InChI is InChI=1S/C18H23N3O3S.ClH/c1-11(2)15(19)16(22)21-14(18(23)24-3)10-12-4-6-13(7-5-12)17-20-8-9-25-17;/h4-9,11,14-15H,10,19H2,1-3H3,(H,21,22);1H/t14-,15-;/m0./s1. The molecule has 0 aliphatic carbocycles. The molecule has 8 heteroatoms. The molecule has 1 heterocycles. The summed E-state index contributed by atoms with van der Waals surface area (Å²) in [6.07, 6.45) is 2.09. The molecule has 2 rings (SSSR count). The van der Waals surface area contributed by atoms with Crippen LogP contribution in [0, 0.1) is 5.92 Å². The summed E-state index contributed by atoms with van der Waals surface area (Å²) >= 11 is 1.56. The third kappa shape index (κ3) is 5.79. The van der Waals surface area contributed by atoms with Gasteiger partial charge in [-0.25, -0.2) is 9.78 Å². The van der Waals surface area contributed by atoms with Crippen molar-refractivity contribution in [2.24, 2.45) is 11.7 Å². The van der Waals surface area contributed by atoms with Crippen LogP contribution in [0.25, 0.3) is 10.6 Å². The third-order valence-corrected chi connectivity index (χ3v) is 4.72. The molecule has 0 spiro atoms. The summed E-state index contributed by atoms with van der Waals surface area (Å²) in [5.41, 5.74) is 7.77. The van der Waals surface area contributed by atoms with Gasteiger partial charge in [-0.3, -0.25) is 4.79 Å². The number of aromatic nitrogens is 1. The van der Waals surface area contributed by atoms with Gasteiger partial charge in [-0.2, -0.15) is 0 Å². The van der Waals surface area contributed by atoms with Crippen LogP contribution in [0.3, 0.4) is 0 Å². The average molecular weight is 398 g/mol. The molecule has 0 saturated heterocycles. The topological polar surface area (TPSA) is 94.3 Å². The monoisotopic (exact) mass is 397 g/mol. The predicted molar refractivity (Wildman–Crippen MR) is 105 cm³/mol. The molecule has 1 amide bonds. The van der Waals surface area contributed by atoms with Gasteiger partial charge >= 0.3 is 5.97 Å². The van der Waals surface area contributed by atoms with Crippen molar-refractivity contribution in [2.75, 3.05) is 7.11 Å². The number of amides is 1. The predicted octanol–water partition coefficient (Wildman–Crippen LogP) is 2.42. The Kier molecular flexibility index (Phi) is 8.71. The first-order chi connectivity index (χ1) is 11.9. The lowest BCUT2D eigenvalue weighted by atomic mass is 10.0. The number of esters is 1. The van der Waals surface area contributed by atoms with Crippen LogP contribution < -0.4 is 11.1 Å². The molecule has 26 heavy (non-hydrogen) atoms. The molecule has 0 bridgehead atoms. The Morgan fingerprint density at radius 2 is 1.92 bits per heavy atom. The number of nitrogens with one attached hydrogen (secondary N) is 1. The van der Waals surface area contributed by atoms with Crippen LogP contribution in [0.5, 0.6) is 0 Å². The van der Waals surface area contributed by atoms with Gasteiger partial charge in [0, 0.05) is 23.6 Å². The largest absolute Gasteiger partial charge is 0.467 e. The third-order valence-electron chi connectivity index (χ3n) is 3.90. The molecule has 6 nitrogen and oxygen atoms in total. The Balaban J connectivity index is 0.00000338. The molecule has 2 atom stereocenters. The van der Waals surface area contributed by atoms with Crippen molar-refractivity contribution in [3.05, 3.63) is 41.4 Å². The highest BCUT2D eigenvalue weighted by molar-refractivity contribution is 7.13. The number of nitrogens with two attached hydrogens (primary N) is 1. The van der Waals surface area contributed by atoms with E-state index in [9.17, 15) is 9.59 Å². The van der Waals surface area contributed by atoms with Gasteiger partial charge in [-0.15, -0.1) is 23.7 Å². The van der Waals surface area contributed by atoms with Crippen LogP contribution in [0.15, 0.2) is 35.8 Å². The maximum Gasteiger partial charge on any atom is 0.328 e. The second-order valence-electron chi connectivity index (χ2n) is 6.09. The zero-order valence-corrected chi connectivity index (χ0v) is 16.6. The minimum atomic E-state index is -0.770. The molecule has 0 radical (unpaired) electrons. The normalized spacial score (nSPS) is 12.8. The van der Waals surface area contributed by atoms with Gasteiger partial charge in [0.25, 0.3) is 0 Å². The molecule has 142 valence electrons. The van der Waals surface area contributed by atoms with Crippen LogP contribution in [0.4, 0.5) is 0 Å². The molecular weight excluding hydrogens is 374 g/mol. The summed E-state index contributed by atoms with van der Waals surface area (Å²) in [5, 5.41) is 5.55. The molecule has 1 aromatic heterocycles. The Hall–Kier alpha value is -1.96. The second-order valence-corrected chi connectivity index (χ2v) is 6.99. The minimum absolute atomic E-state index is 0. The van der Waals surface area contributed by atoms with E-state index >= 15 is 0 Å². The van der Waals surface area contributed by atoms with Crippen LogP contribution in [0.2, 0.25) is 0 Å². The Bertz CT molecular complexity index is 705. The SMILES string of the molecule is COC(=O)[C@H](Cc1ccc(-c2nccs2)cc1)NC(=O)[C@@H](N)C(C)C.Cl. The van der Waals surface area contributed by atoms with Crippen molar-refractivity contribution in [1.82, 2.24) is 10.3 Å². The van der Waals surface area contributed by atoms with Gasteiger partial charge in [0.2, 0.25) is 5.91 Å². The smallest absolute Gasteiger partial charge is 0.328 e. The Morgan fingerprint density at radius 1 is 1.27 bits per heavy atom. The number of hydrogen-bond acceptors (Lipinski definition) is 6. The zero-order valence-electron chi connectivity index (χ0n) is 15.0. The Labute approximate surface area is 163 Å².